The molecule has 2 aliphatic heterocycles. The fourth-order valence-electron chi connectivity index (χ4n) is 2.65. The van der Waals surface area contributed by atoms with Gasteiger partial charge in [-0.05, 0) is 0 Å². The lowest BCUT2D eigenvalue weighted by Gasteiger charge is -2.45. The van der Waals surface area contributed by atoms with Gasteiger partial charge >= 0.3 is 0 Å². The Morgan fingerprint density at radius 1 is 0.783 bits per heavy atom. The second-order valence-electron chi connectivity index (χ2n) is 5.70. The summed E-state index contributed by atoms with van der Waals surface area (Å²) in [6.45, 7) is -1.17. The predicted molar refractivity (Wildman–Crippen MR) is 72.6 cm³/mol. The van der Waals surface area contributed by atoms with E-state index in [1.807, 2.05) is 0 Å². The largest absolute Gasteiger partial charge is 0.394 e. The van der Waals surface area contributed by atoms with Crippen LogP contribution in [0.1, 0.15) is 0 Å². The van der Waals surface area contributed by atoms with Gasteiger partial charge in [-0.3, -0.25) is 0 Å². The van der Waals surface area contributed by atoms with E-state index in [1.54, 1.807) is 0 Å². The maximum absolute atomic E-state index is 10.1. The lowest BCUT2D eigenvalue weighted by Crippen LogP contribution is -2.67. The Kier molecular flexibility index (Phi) is 6.27. The van der Waals surface area contributed by atoms with E-state index < -0.39 is 74.5 Å². The van der Waals surface area contributed by atoms with Gasteiger partial charge in [0.15, 0.2) is 12.6 Å². The minimum absolute atomic E-state index is 0.581. The lowest BCUT2D eigenvalue weighted by molar-refractivity contribution is -0.324. The maximum atomic E-state index is 10.1. The summed E-state index contributed by atoms with van der Waals surface area (Å²) in [4.78, 5) is 0. The number of aliphatic hydroxyl groups is 6. The van der Waals surface area contributed by atoms with Gasteiger partial charge in [0.05, 0.1) is 25.3 Å². The summed E-state index contributed by atoms with van der Waals surface area (Å²) in [5.74, 6) is 0. The Balaban J connectivity index is 2.11. The van der Waals surface area contributed by atoms with Gasteiger partial charge in [0.2, 0.25) is 0 Å². The van der Waals surface area contributed by atoms with Crippen molar-refractivity contribution in [2.75, 3.05) is 13.2 Å². The van der Waals surface area contributed by atoms with E-state index in [-0.39, 0.29) is 0 Å². The molecule has 0 bridgehead atoms. The van der Waals surface area contributed by atoms with E-state index in [9.17, 15) is 25.5 Å². The molecular weight excluding hydrogens is 316 g/mol. The molecular formula is C12H24N2O9. The summed E-state index contributed by atoms with van der Waals surface area (Å²) in [6, 6.07) is -2.37. The van der Waals surface area contributed by atoms with Gasteiger partial charge in [0, 0.05) is 0 Å². The molecule has 23 heavy (non-hydrogen) atoms. The third-order valence-corrected chi connectivity index (χ3v) is 4.14. The summed E-state index contributed by atoms with van der Waals surface area (Å²) >= 11 is 0. The van der Waals surface area contributed by atoms with Crippen LogP contribution < -0.4 is 11.5 Å². The van der Waals surface area contributed by atoms with Crippen molar-refractivity contribution in [1.29, 1.82) is 0 Å². The summed E-state index contributed by atoms with van der Waals surface area (Å²) < 4.78 is 15.8. The van der Waals surface area contributed by atoms with Crippen molar-refractivity contribution in [1.82, 2.24) is 0 Å². The van der Waals surface area contributed by atoms with Gasteiger partial charge in [-0.2, -0.15) is 0 Å². The molecule has 0 aromatic heterocycles. The second kappa shape index (κ2) is 7.63. The van der Waals surface area contributed by atoms with Crippen molar-refractivity contribution in [3.05, 3.63) is 0 Å². The normalized spacial score (nSPS) is 51.7. The number of aliphatic hydroxyl groups excluding tert-OH is 6. The van der Waals surface area contributed by atoms with Crippen LogP contribution in [0.3, 0.4) is 0 Å². The Bertz CT molecular complexity index is 386. The maximum Gasteiger partial charge on any atom is 0.176 e. The van der Waals surface area contributed by atoms with Gasteiger partial charge in [0.25, 0.3) is 0 Å². The monoisotopic (exact) mass is 340 g/mol. The van der Waals surface area contributed by atoms with Crippen LogP contribution in [0.15, 0.2) is 0 Å². The molecule has 2 heterocycles. The molecule has 10 N–H and O–H groups in total. The van der Waals surface area contributed by atoms with Gasteiger partial charge in [-0.1, -0.05) is 0 Å². The zero-order chi connectivity index (χ0) is 17.3. The number of ether oxygens (including phenoxy) is 3. The zero-order valence-electron chi connectivity index (χ0n) is 12.3. The van der Waals surface area contributed by atoms with Crippen molar-refractivity contribution < 1.29 is 44.8 Å². The smallest absolute Gasteiger partial charge is 0.176 e. The van der Waals surface area contributed by atoms with Crippen molar-refractivity contribution in [2.24, 2.45) is 11.5 Å². The minimum Gasteiger partial charge on any atom is -0.394 e. The molecule has 136 valence electrons. The zero-order valence-corrected chi connectivity index (χ0v) is 12.3. The molecule has 0 amide bonds. The SMILES string of the molecule is N[C@@H]1[C@H](O[C@H]2[C@@H](O)[C@@H](N)[C@@H](O)O[C@H]2CO)O[C@H](CO)[C@@H](O)[C@H]1O. The van der Waals surface area contributed by atoms with Gasteiger partial charge in [-0.15, -0.1) is 0 Å². The Morgan fingerprint density at radius 3 is 1.96 bits per heavy atom. The predicted octanol–water partition coefficient (Wildman–Crippen LogP) is -5.46. The third kappa shape index (κ3) is 3.65. The number of nitrogens with two attached hydrogens (primary N) is 2. The van der Waals surface area contributed by atoms with E-state index in [0.29, 0.717) is 0 Å². The van der Waals surface area contributed by atoms with Crippen LogP contribution in [0.2, 0.25) is 0 Å². The van der Waals surface area contributed by atoms with Gasteiger partial charge in [-0.25, -0.2) is 0 Å². The van der Waals surface area contributed by atoms with Crippen LogP contribution >= 0.6 is 0 Å². The molecule has 0 unspecified atom stereocenters. The highest BCUT2D eigenvalue weighted by molar-refractivity contribution is 4.95. The number of rotatable bonds is 4. The first-order valence-corrected chi connectivity index (χ1v) is 7.23. The van der Waals surface area contributed by atoms with Crippen LogP contribution in [0.4, 0.5) is 0 Å². The van der Waals surface area contributed by atoms with Crippen LogP contribution in [0.25, 0.3) is 0 Å². The van der Waals surface area contributed by atoms with Crippen LogP contribution in [0.5, 0.6) is 0 Å². The first-order valence-electron chi connectivity index (χ1n) is 7.23. The van der Waals surface area contributed by atoms with E-state index in [4.69, 9.17) is 30.8 Å². The van der Waals surface area contributed by atoms with Crippen molar-refractivity contribution in [2.45, 2.75) is 61.3 Å². The Hall–Kier alpha value is -0.440. The summed E-state index contributed by atoms with van der Waals surface area (Å²) in [5, 5.41) is 57.7. The summed E-state index contributed by atoms with van der Waals surface area (Å²) in [7, 11) is 0. The van der Waals surface area contributed by atoms with E-state index in [2.05, 4.69) is 0 Å². The van der Waals surface area contributed by atoms with Crippen molar-refractivity contribution in [3.8, 4) is 0 Å². The molecule has 0 saturated carbocycles. The molecule has 11 nitrogen and oxygen atoms in total. The van der Waals surface area contributed by atoms with Crippen LogP contribution in [0, 0.1) is 0 Å². The summed E-state index contributed by atoms with van der Waals surface area (Å²) in [6.07, 6.45) is -10.5. The average molecular weight is 340 g/mol. The molecule has 11 heteroatoms. The molecule has 2 saturated heterocycles. The highest BCUT2D eigenvalue weighted by Crippen LogP contribution is 2.27. The fourth-order valence-corrected chi connectivity index (χ4v) is 2.65. The summed E-state index contributed by atoms with van der Waals surface area (Å²) in [5.41, 5.74) is 11.3. The number of hydrogen-bond donors (Lipinski definition) is 8. The third-order valence-electron chi connectivity index (χ3n) is 4.14. The lowest BCUT2D eigenvalue weighted by atomic mass is 9.95. The molecule has 0 aliphatic carbocycles. The molecule has 0 spiro atoms. The fraction of sp³-hybridized carbons (Fsp3) is 1.00. The quantitative estimate of drug-likeness (QED) is 0.242. The molecule has 0 aromatic rings. The first-order chi connectivity index (χ1) is 10.8. The van der Waals surface area contributed by atoms with Gasteiger partial charge < -0.3 is 56.3 Å². The molecule has 10 atom stereocenters. The van der Waals surface area contributed by atoms with Crippen LogP contribution in [-0.2, 0) is 14.2 Å². The van der Waals surface area contributed by atoms with Crippen LogP contribution in [-0.4, -0.2) is 105 Å². The minimum atomic E-state index is -1.49. The van der Waals surface area contributed by atoms with Crippen molar-refractivity contribution in [3.63, 3.8) is 0 Å². The molecule has 0 aromatic carbocycles. The number of hydrogen-bond acceptors (Lipinski definition) is 11. The average Bonchev–Trinajstić information content (AvgIpc) is 2.55. The standard InChI is InChI=1S/C12H24N2O9/c13-5-9(19)10(4(2-16)21-11(5)20)23-12-6(14)8(18)7(17)3(1-15)22-12/h3-12,15-20H,1-2,13-14H2/t3-,4+,5-,6+,7-,8+,9+,10-,11+,12+/m1/s1. The Morgan fingerprint density at radius 2 is 1.39 bits per heavy atom. The first kappa shape index (κ1) is 18.9. The van der Waals surface area contributed by atoms with Crippen molar-refractivity contribution >= 4 is 0 Å². The topological polar surface area (TPSA) is 201 Å². The molecule has 0 radical (unpaired) electrons. The van der Waals surface area contributed by atoms with E-state index >= 15 is 0 Å². The molecule has 2 fully saturated rings. The second-order valence-corrected chi connectivity index (χ2v) is 5.70. The van der Waals surface area contributed by atoms with E-state index in [1.165, 1.54) is 0 Å². The van der Waals surface area contributed by atoms with E-state index in [0.717, 1.165) is 0 Å². The molecule has 2 rings (SSSR count). The highest BCUT2D eigenvalue weighted by atomic mass is 16.7. The van der Waals surface area contributed by atoms with Gasteiger partial charge in [0.1, 0.15) is 36.6 Å². The highest BCUT2D eigenvalue weighted by Gasteiger charge is 2.49. The molecule has 2 aliphatic rings. The Labute approximate surface area is 132 Å².